The molecule has 1 aliphatic heterocycles. The van der Waals surface area contributed by atoms with Crippen molar-refractivity contribution >= 4 is 11.2 Å². The van der Waals surface area contributed by atoms with Gasteiger partial charge >= 0.3 is 0 Å². The molecule has 0 atom stereocenters. The lowest BCUT2D eigenvalue weighted by molar-refractivity contribution is 0.236. The van der Waals surface area contributed by atoms with Crippen LogP contribution in [0.5, 0.6) is 0 Å². The molecule has 0 unspecified atom stereocenters. The number of hydrogen-bond donors (Lipinski definition) is 1. The Kier molecular flexibility index (Phi) is 2.89. The van der Waals surface area contributed by atoms with E-state index in [1.807, 2.05) is 25.3 Å². The zero-order valence-electron chi connectivity index (χ0n) is 11.9. The number of fused-ring (bicyclic) bond motifs is 2. The Morgan fingerprint density at radius 1 is 1.29 bits per heavy atom. The lowest BCUT2D eigenvalue weighted by atomic mass is 10.1. The number of aryl methyl sites for hydroxylation is 1. The molecule has 3 aromatic heterocycles. The van der Waals surface area contributed by atoms with Crippen molar-refractivity contribution < 1.29 is 0 Å². The van der Waals surface area contributed by atoms with Crippen LogP contribution in [0.4, 0.5) is 0 Å². The summed E-state index contributed by atoms with van der Waals surface area (Å²) >= 11 is 0. The molecule has 0 bridgehead atoms. The molecule has 0 amide bonds. The highest BCUT2D eigenvalue weighted by Crippen LogP contribution is 2.18. The zero-order chi connectivity index (χ0) is 14.2. The second-order valence-corrected chi connectivity index (χ2v) is 5.41. The van der Waals surface area contributed by atoms with E-state index in [1.165, 1.54) is 5.56 Å². The predicted molar refractivity (Wildman–Crippen MR) is 78.5 cm³/mol. The van der Waals surface area contributed by atoms with Crippen LogP contribution in [0, 0.1) is 6.92 Å². The molecule has 0 aromatic carbocycles. The number of nitrogens with zero attached hydrogens (tertiary/aromatic N) is 5. The summed E-state index contributed by atoms with van der Waals surface area (Å²) in [5.41, 5.74) is 4.18. The Morgan fingerprint density at radius 2 is 2.24 bits per heavy atom. The quantitative estimate of drug-likeness (QED) is 0.772. The average molecular weight is 280 g/mol. The second kappa shape index (κ2) is 4.89. The molecule has 0 saturated heterocycles. The Balaban J connectivity index is 1.55. The molecule has 0 aliphatic carbocycles. The monoisotopic (exact) mass is 280 g/mol. The highest BCUT2D eigenvalue weighted by Gasteiger charge is 2.19. The summed E-state index contributed by atoms with van der Waals surface area (Å²) in [5.74, 6) is 1.79. The topological polar surface area (TPSA) is 70.6 Å². The molecule has 3 aromatic rings. The van der Waals surface area contributed by atoms with E-state index in [4.69, 9.17) is 0 Å². The van der Waals surface area contributed by atoms with Gasteiger partial charge in [0, 0.05) is 25.5 Å². The molecule has 1 N–H and O–H groups in total. The normalized spacial score (nSPS) is 15.3. The zero-order valence-corrected chi connectivity index (χ0v) is 11.9. The van der Waals surface area contributed by atoms with Gasteiger partial charge in [0.05, 0.1) is 17.8 Å². The summed E-state index contributed by atoms with van der Waals surface area (Å²) in [6, 6.07) is 3.92. The first kappa shape index (κ1) is 12.4. The van der Waals surface area contributed by atoms with Gasteiger partial charge in [0.1, 0.15) is 11.6 Å². The standard InChI is InChI=1S/C15H16N6/c1-10-17-7-11-4-6-21(8-13(11)18-10)9-14-19-12-3-2-5-16-15(12)20-14/h2-3,5,7H,4,6,8-9H2,1H3,(H,16,19,20). The van der Waals surface area contributed by atoms with Gasteiger partial charge in [-0.05, 0) is 31.0 Å². The van der Waals surface area contributed by atoms with Gasteiger partial charge in [-0.3, -0.25) is 4.90 Å². The van der Waals surface area contributed by atoms with Crippen molar-refractivity contribution in [3.05, 3.63) is 47.4 Å². The first-order chi connectivity index (χ1) is 10.3. The van der Waals surface area contributed by atoms with Crippen LogP contribution in [0.2, 0.25) is 0 Å². The second-order valence-electron chi connectivity index (χ2n) is 5.41. The SMILES string of the molecule is Cc1ncc2c(n1)CN(Cc1nc3ncccc3[nH]1)CC2. The number of hydrogen-bond acceptors (Lipinski definition) is 5. The molecule has 0 radical (unpaired) electrons. The largest absolute Gasteiger partial charge is 0.340 e. The minimum absolute atomic E-state index is 0.781. The maximum absolute atomic E-state index is 4.55. The van der Waals surface area contributed by atoms with Crippen LogP contribution in [0.1, 0.15) is 22.9 Å². The van der Waals surface area contributed by atoms with Gasteiger partial charge in [-0.1, -0.05) is 0 Å². The summed E-state index contributed by atoms with van der Waals surface area (Å²) in [6.45, 7) is 4.58. The van der Waals surface area contributed by atoms with Gasteiger partial charge < -0.3 is 4.98 Å². The third-order valence-corrected chi connectivity index (χ3v) is 3.83. The lowest BCUT2D eigenvalue weighted by Crippen LogP contribution is -2.31. The maximum Gasteiger partial charge on any atom is 0.177 e. The van der Waals surface area contributed by atoms with Gasteiger partial charge in [0.25, 0.3) is 0 Å². The molecule has 0 saturated carbocycles. The molecule has 0 spiro atoms. The summed E-state index contributed by atoms with van der Waals surface area (Å²) in [6.07, 6.45) is 4.72. The minimum Gasteiger partial charge on any atom is -0.340 e. The number of imidazole rings is 1. The van der Waals surface area contributed by atoms with E-state index in [2.05, 4.69) is 29.8 Å². The first-order valence-electron chi connectivity index (χ1n) is 7.11. The van der Waals surface area contributed by atoms with Crippen molar-refractivity contribution in [1.29, 1.82) is 0 Å². The summed E-state index contributed by atoms with van der Waals surface area (Å²) in [7, 11) is 0. The van der Waals surface area contributed by atoms with Crippen molar-refractivity contribution in [2.75, 3.05) is 6.54 Å². The average Bonchev–Trinajstić information content (AvgIpc) is 2.89. The van der Waals surface area contributed by atoms with E-state index >= 15 is 0 Å². The number of pyridine rings is 1. The fraction of sp³-hybridized carbons (Fsp3) is 0.333. The van der Waals surface area contributed by atoms with Gasteiger partial charge in [0.2, 0.25) is 0 Å². The Labute approximate surface area is 122 Å². The molecule has 4 heterocycles. The number of aromatic amines is 1. The molecule has 0 fully saturated rings. The van der Waals surface area contributed by atoms with Crippen molar-refractivity contribution in [3.63, 3.8) is 0 Å². The third-order valence-electron chi connectivity index (χ3n) is 3.83. The molecule has 6 nitrogen and oxygen atoms in total. The lowest BCUT2D eigenvalue weighted by Gasteiger charge is -2.26. The van der Waals surface area contributed by atoms with Gasteiger partial charge in [-0.25, -0.2) is 19.9 Å². The smallest absolute Gasteiger partial charge is 0.177 e. The molecule has 4 rings (SSSR count). The van der Waals surface area contributed by atoms with E-state index in [0.717, 1.165) is 54.6 Å². The Morgan fingerprint density at radius 3 is 3.14 bits per heavy atom. The molecule has 1 aliphatic rings. The number of aromatic nitrogens is 5. The highest BCUT2D eigenvalue weighted by atomic mass is 15.2. The van der Waals surface area contributed by atoms with E-state index in [0.29, 0.717) is 0 Å². The van der Waals surface area contributed by atoms with Crippen LogP contribution >= 0.6 is 0 Å². The van der Waals surface area contributed by atoms with E-state index in [1.54, 1.807) is 6.20 Å². The Hall–Kier alpha value is -2.34. The van der Waals surface area contributed by atoms with Crippen LogP contribution in [-0.2, 0) is 19.5 Å². The summed E-state index contributed by atoms with van der Waals surface area (Å²) in [5, 5.41) is 0. The fourth-order valence-corrected chi connectivity index (χ4v) is 2.77. The van der Waals surface area contributed by atoms with Gasteiger partial charge in [0.15, 0.2) is 5.65 Å². The van der Waals surface area contributed by atoms with Crippen molar-refractivity contribution in [2.45, 2.75) is 26.4 Å². The van der Waals surface area contributed by atoms with Crippen molar-refractivity contribution in [2.24, 2.45) is 0 Å². The maximum atomic E-state index is 4.55. The number of rotatable bonds is 2. The molecular formula is C15H16N6. The van der Waals surface area contributed by atoms with Crippen LogP contribution in [0.15, 0.2) is 24.5 Å². The minimum atomic E-state index is 0.781. The molecular weight excluding hydrogens is 264 g/mol. The highest BCUT2D eigenvalue weighted by molar-refractivity contribution is 5.69. The van der Waals surface area contributed by atoms with Crippen LogP contribution in [0.25, 0.3) is 11.2 Å². The van der Waals surface area contributed by atoms with Crippen molar-refractivity contribution in [3.8, 4) is 0 Å². The van der Waals surface area contributed by atoms with Crippen molar-refractivity contribution in [1.82, 2.24) is 29.8 Å². The number of nitrogens with one attached hydrogen (secondary N) is 1. The number of H-pyrrole nitrogens is 1. The van der Waals surface area contributed by atoms with Gasteiger partial charge in [-0.2, -0.15) is 0 Å². The summed E-state index contributed by atoms with van der Waals surface area (Å²) in [4.78, 5) is 23.3. The predicted octanol–water partition coefficient (Wildman–Crippen LogP) is 1.61. The van der Waals surface area contributed by atoms with Gasteiger partial charge in [-0.15, -0.1) is 0 Å². The van der Waals surface area contributed by atoms with Crippen LogP contribution in [-0.4, -0.2) is 36.4 Å². The van der Waals surface area contributed by atoms with Crippen LogP contribution < -0.4 is 0 Å². The van der Waals surface area contributed by atoms with E-state index in [-0.39, 0.29) is 0 Å². The third kappa shape index (κ3) is 2.38. The molecule has 6 heteroatoms. The molecule has 106 valence electrons. The van der Waals surface area contributed by atoms with Crippen LogP contribution in [0.3, 0.4) is 0 Å². The fourth-order valence-electron chi connectivity index (χ4n) is 2.77. The Bertz CT molecular complexity index is 761. The van der Waals surface area contributed by atoms with E-state index in [9.17, 15) is 0 Å². The molecule has 21 heavy (non-hydrogen) atoms. The first-order valence-corrected chi connectivity index (χ1v) is 7.11. The summed E-state index contributed by atoms with van der Waals surface area (Å²) < 4.78 is 0. The van der Waals surface area contributed by atoms with E-state index < -0.39 is 0 Å².